The zero-order valence-corrected chi connectivity index (χ0v) is 14.9. The van der Waals surface area contributed by atoms with E-state index in [9.17, 15) is 9.59 Å². The van der Waals surface area contributed by atoms with Crippen molar-refractivity contribution in [3.8, 4) is 11.3 Å². The Morgan fingerprint density at radius 1 is 1.15 bits per heavy atom. The molecule has 0 bridgehead atoms. The van der Waals surface area contributed by atoms with Crippen LogP contribution in [0.4, 0.5) is 11.4 Å². The predicted molar refractivity (Wildman–Crippen MR) is 102 cm³/mol. The van der Waals surface area contributed by atoms with Crippen LogP contribution in [0, 0.1) is 5.92 Å². The summed E-state index contributed by atoms with van der Waals surface area (Å²) in [4.78, 5) is 32.3. The van der Waals surface area contributed by atoms with Crippen molar-refractivity contribution in [2.24, 2.45) is 5.92 Å². The number of hydrogen-bond donors (Lipinski definition) is 2. The molecule has 136 valence electrons. The first kappa shape index (κ1) is 17.0. The molecular weight excluding hydrogens is 342 g/mol. The first-order chi connectivity index (χ1) is 13.2. The maximum Gasteiger partial charge on any atom is 0.309 e. The number of anilines is 2. The van der Waals surface area contributed by atoms with E-state index in [0.717, 1.165) is 28.3 Å². The quantitative estimate of drug-likeness (QED) is 0.692. The van der Waals surface area contributed by atoms with Gasteiger partial charge >= 0.3 is 5.97 Å². The second-order valence-corrected chi connectivity index (χ2v) is 6.51. The van der Waals surface area contributed by atoms with Crippen LogP contribution < -0.4 is 5.32 Å². The fraction of sp³-hybridized carbons (Fsp3) is 0.190. The number of ether oxygens (including phenoxy) is 1. The van der Waals surface area contributed by atoms with Crippen LogP contribution in [0.25, 0.3) is 11.3 Å². The molecule has 0 radical (unpaired) electrons. The second kappa shape index (κ2) is 7.07. The number of carbonyl (C=O) groups is 2. The van der Waals surface area contributed by atoms with E-state index in [1.165, 1.54) is 7.11 Å². The summed E-state index contributed by atoms with van der Waals surface area (Å²) in [7, 11) is 1.35. The maximum absolute atomic E-state index is 12.9. The number of hydrogen-bond acceptors (Lipinski definition) is 5. The molecular formula is C21H19N3O3. The summed E-state index contributed by atoms with van der Waals surface area (Å²) in [6.45, 7) is 0. The normalized spacial score (nSPS) is 15.9. The third kappa shape index (κ3) is 3.21. The first-order valence-corrected chi connectivity index (χ1v) is 8.75. The van der Waals surface area contributed by atoms with Gasteiger partial charge in [-0.05, 0) is 24.3 Å². The zero-order valence-electron chi connectivity index (χ0n) is 14.9. The van der Waals surface area contributed by atoms with Crippen molar-refractivity contribution in [3.05, 3.63) is 66.1 Å². The van der Waals surface area contributed by atoms with Gasteiger partial charge in [-0.15, -0.1) is 0 Å². The summed E-state index contributed by atoms with van der Waals surface area (Å²) in [5.74, 6) is -0.878. The van der Waals surface area contributed by atoms with Crippen LogP contribution in [0.5, 0.6) is 0 Å². The highest BCUT2D eigenvalue weighted by Gasteiger charge is 2.35. The number of fused-ring (bicyclic) bond motifs is 1. The molecule has 6 heteroatoms. The maximum atomic E-state index is 12.9. The minimum atomic E-state index is -0.455. The number of nitrogens with zero attached hydrogens (tertiary/aromatic N) is 1. The van der Waals surface area contributed by atoms with Crippen LogP contribution >= 0.6 is 0 Å². The Kier molecular flexibility index (Phi) is 4.46. The number of nitrogens with one attached hydrogen (secondary N) is 2. The van der Waals surface area contributed by atoms with E-state index in [1.54, 1.807) is 12.4 Å². The molecule has 1 atom stereocenters. The molecule has 0 saturated carbocycles. The molecule has 0 amide bonds. The molecule has 6 nitrogen and oxygen atoms in total. The first-order valence-electron chi connectivity index (χ1n) is 8.75. The summed E-state index contributed by atoms with van der Waals surface area (Å²) < 4.78 is 4.84. The molecule has 1 aliphatic carbocycles. The molecule has 0 fully saturated rings. The number of rotatable bonds is 4. The van der Waals surface area contributed by atoms with Gasteiger partial charge in [0.25, 0.3) is 0 Å². The number of methoxy groups -OCH3 is 1. The molecule has 0 saturated heterocycles. The van der Waals surface area contributed by atoms with E-state index >= 15 is 0 Å². The monoisotopic (exact) mass is 361 g/mol. The van der Waals surface area contributed by atoms with Crippen LogP contribution in [0.1, 0.15) is 22.5 Å². The molecule has 1 aliphatic rings. The van der Waals surface area contributed by atoms with Crippen molar-refractivity contribution < 1.29 is 14.3 Å². The lowest BCUT2D eigenvalue weighted by Crippen LogP contribution is -2.27. The number of pyridine rings is 1. The average molecular weight is 361 g/mol. The number of H-pyrrole nitrogens is 1. The standard InChI is InChI=1S/C21H19N3O3/c1-27-21(26)14-11-16-18(17(25)12-14)20(23-15-5-3-2-4-6-15)19(24-16)13-7-9-22-10-8-13/h2-10,14,23-24H,11-12H2,1H3/t14-/m1/s1. The van der Waals surface area contributed by atoms with Gasteiger partial charge in [0, 0.05) is 42.2 Å². The van der Waals surface area contributed by atoms with Crippen LogP contribution in [0.2, 0.25) is 0 Å². The van der Waals surface area contributed by atoms with Crippen molar-refractivity contribution in [1.29, 1.82) is 0 Å². The fourth-order valence-corrected chi connectivity index (χ4v) is 3.52. The lowest BCUT2D eigenvalue weighted by Gasteiger charge is -2.20. The molecule has 2 aromatic heterocycles. The van der Waals surface area contributed by atoms with Crippen LogP contribution in [-0.2, 0) is 16.0 Å². The number of aromatic amines is 1. The van der Waals surface area contributed by atoms with Crippen molar-refractivity contribution in [2.45, 2.75) is 12.8 Å². The summed E-state index contributed by atoms with van der Waals surface area (Å²) in [5, 5.41) is 3.38. The van der Waals surface area contributed by atoms with Gasteiger partial charge in [-0.3, -0.25) is 14.6 Å². The average Bonchev–Trinajstić information content (AvgIpc) is 3.07. The van der Waals surface area contributed by atoms with Gasteiger partial charge < -0.3 is 15.0 Å². The molecule has 4 rings (SSSR count). The SMILES string of the molecule is COC(=O)[C@H]1CC(=O)c2c([nH]c(-c3ccncc3)c2Nc2ccccc2)C1. The number of Topliss-reactive ketones (excluding diaryl/α,β-unsaturated/α-hetero) is 1. The molecule has 0 aliphatic heterocycles. The van der Waals surface area contributed by atoms with E-state index in [1.807, 2.05) is 42.5 Å². The highest BCUT2D eigenvalue weighted by Crippen LogP contribution is 2.39. The summed E-state index contributed by atoms with van der Waals surface area (Å²) in [6.07, 6.45) is 4.01. The Labute approximate surface area is 156 Å². The van der Waals surface area contributed by atoms with Gasteiger partial charge in [0.1, 0.15) is 0 Å². The van der Waals surface area contributed by atoms with Gasteiger partial charge in [-0.1, -0.05) is 18.2 Å². The summed E-state index contributed by atoms with van der Waals surface area (Å²) in [6, 6.07) is 13.5. The molecule has 3 aromatic rings. The topological polar surface area (TPSA) is 84.1 Å². The Hall–Kier alpha value is -3.41. The van der Waals surface area contributed by atoms with Crippen LogP contribution in [-0.4, -0.2) is 28.8 Å². The summed E-state index contributed by atoms with van der Waals surface area (Å²) >= 11 is 0. The molecule has 0 spiro atoms. The van der Waals surface area contributed by atoms with E-state index in [4.69, 9.17) is 4.74 Å². The Balaban J connectivity index is 1.82. The lowest BCUT2D eigenvalue weighted by atomic mass is 9.86. The Morgan fingerprint density at radius 2 is 1.89 bits per heavy atom. The Morgan fingerprint density at radius 3 is 2.59 bits per heavy atom. The van der Waals surface area contributed by atoms with Crippen molar-refractivity contribution in [3.63, 3.8) is 0 Å². The van der Waals surface area contributed by atoms with Gasteiger partial charge in [0.2, 0.25) is 0 Å². The number of carbonyl (C=O) groups excluding carboxylic acids is 2. The second-order valence-electron chi connectivity index (χ2n) is 6.51. The number of para-hydroxylation sites is 1. The number of ketones is 1. The smallest absolute Gasteiger partial charge is 0.309 e. The zero-order chi connectivity index (χ0) is 18.8. The number of esters is 1. The van der Waals surface area contributed by atoms with E-state index < -0.39 is 5.92 Å². The Bertz CT molecular complexity index is 981. The summed E-state index contributed by atoms with van der Waals surface area (Å²) in [5.41, 5.74) is 4.72. The van der Waals surface area contributed by atoms with Crippen molar-refractivity contribution in [2.75, 3.05) is 12.4 Å². The number of aromatic nitrogens is 2. The van der Waals surface area contributed by atoms with Crippen LogP contribution in [0.3, 0.4) is 0 Å². The van der Waals surface area contributed by atoms with E-state index in [2.05, 4.69) is 15.3 Å². The van der Waals surface area contributed by atoms with Crippen LogP contribution in [0.15, 0.2) is 54.9 Å². The van der Waals surface area contributed by atoms with Gasteiger partial charge in [-0.25, -0.2) is 0 Å². The molecule has 1 aromatic carbocycles. The molecule has 0 unspecified atom stereocenters. The van der Waals surface area contributed by atoms with Crippen molar-refractivity contribution >= 4 is 23.1 Å². The highest BCUT2D eigenvalue weighted by atomic mass is 16.5. The van der Waals surface area contributed by atoms with E-state index in [0.29, 0.717) is 12.0 Å². The third-order valence-electron chi connectivity index (χ3n) is 4.79. The molecule has 27 heavy (non-hydrogen) atoms. The van der Waals surface area contributed by atoms with Gasteiger partial charge in [-0.2, -0.15) is 0 Å². The lowest BCUT2D eigenvalue weighted by molar-refractivity contribution is -0.145. The molecule has 2 N–H and O–H groups in total. The van der Waals surface area contributed by atoms with E-state index in [-0.39, 0.29) is 18.2 Å². The number of benzene rings is 1. The van der Waals surface area contributed by atoms with Gasteiger partial charge in [0.05, 0.1) is 30.0 Å². The molecule has 2 heterocycles. The largest absolute Gasteiger partial charge is 0.469 e. The van der Waals surface area contributed by atoms with Crippen molar-refractivity contribution in [1.82, 2.24) is 9.97 Å². The minimum absolute atomic E-state index is 0.0679. The van der Waals surface area contributed by atoms with Gasteiger partial charge in [0.15, 0.2) is 5.78 Å². The third-order valence-corrected chi connectivity index (χ3v) is 4.79. The fourth-order valence-electron chi connectivity index (χ4n) is 3.52. The highest BCUT2D eigenvalue weighted by molar-refractivity contribution is 6.08. The predicted octanol–water partition coefficient (Wildman–Crippen LogP) is 3.74. The minimum Gasteiger partial charge on any atom is -0.469 e.